The minimum atomic E-state index is 0.818. The van der Waals surface area contributed by atoms with Gasteiger partial charge in [-0.15, -0.1) is 0 Å². The highest BCUT2D eigenvalue weighted by Crippen LogP contribution is 2.19. The molecule has 94 valence electrons. The number of nitrogens with zero attached hydrogens (tertiary/aromatic N) is 1. The number of hydrogen-bond donors (Lipinski definition) is 2. The highest BCUT2D eigenvalue weighted by molar-refractivity contribution is 5.58. The van der Waals surface area contributed by atoms with Crippen molar-refractivity contribution < 1.29 is 4.74 Å². The first-order valence-corrected chi connectivity index (χ1v) is 5.94. The number of methoxy groups -OCH3 is 1. The van der Waals surface area contributed by atoms with Gasteiger partial charge < -0.3 is 15.4 Å². The van der Waals surface area contributed by atoms with Gasteiger partial charge in [0.25, 0.3) is 0 Å². The Kier molecular flexibility index (Phi) is 4.02. The summed E-state index contributed by atoms with van der Waals surface area (Å²) in [4.78, 5) is 4.45. The molecule has 0 atom stereocenters. The molecule has 0 fully saturated rings. The molecule has 2 rings (SSSR count). The van der Waals surface area contributed by atoms with E-state index in [2.05, 4.69) is 15.6 Å². The summed E-state index contributed by atoms with van der Waals surface area (Å²) in [6, 6.07) is 13.6. The maximum atomic E-state index is 5.12. The van der Waals surface area contributed by atoms with Gasteiger partial charge in [-0.3, -0.25) is 0 Å². The zero-order valence-corrected chi connectivity index (χ0v) is 10.6. The van der Waals surface area contributed by atoms with Crippen LogP contribution in [0.25, 0.3) is 0 Å². The molecular formula is C14H17N3O. The zero-order chi connectivity index (χ0) is 12.8. The molecule has 4 heteroatoms. The van der Waals surface area contributed by atoms with E-state index < -0.39 is 0 Å². The molecule has 2 N–H and O–H groups in total. The van der Waals surface area contributed by atoms with E-state index in [1.165, 1.54) is 0 Å². The van der Waals surface area contributed by atoms with Gasteiger partial charge in [-0.25, -0.2) is 4.98 Å². The molecule has 4 nitrogen and oxygen atoms in total. The van der Waals surface area contributed by atoms with Crippen molar-refractivity contribution in [1.29, 1.82) is 0 Å². The number of pyridine rings is 1. The molecule has 1 aromatic carbocycles. The molecule has 0 spiro atoms. The molecule has 0 amide bonds. The molecule has 0 aliphatic heterocycles. The van der Waals surface area contributed by atoms with E-state index in [0.717, 1.165) is 29.6 Å². The smallest absolute Gasteiger partial charge is 0.132 e. The first kappa shape index (κ1) is 12.2. The molecular weight excluding hydrogens is 226 g/mol. The summed E-state index contributed by atoms with van der Waals surface area (Å²) < 4.78 is 5.12. The van der Waals surface area contributed by atoms with Crippen LogP contribution in [-0.2, 0) is 0 Å². The predicted octanol–water partition coefficient (Wildman–Crippen LogP) is 3.27. The Balaban J connectivity index is 2.09. The average Bonchev–Trinajstić information content (AvgIpc) is 2.40. The lowest BCUT2D eigenvalue weighted by molar-refractivity contribution is 0.415. The minimum absolute atomic E-state index is 0.818. The fourth-order valence-electron chi connectivity index (χ4n) is 1.61. The fourth-order valence-corrected chi connectivity index (χ4v) is 1.61. The van der Waals surface area contributed by atoms with Crippen molar-refractivity contribution in [3.8, 4) is 5.75 Å². The Morgan fingerprint density at radius 3 is 2.44 bits per heavy atom. The molecule has 1 heterocycles. The van der Waals surface area contributed by atoms with Gasteiger partial charge in [0.15, 0.2) is 0 Å². The molecule has 0 radical (unpaired) electrons. The van der Waals surface area contributed by atoms with Crippen LogP contribution in [0, 0.1) is 0 Å². The van der Waals surface area contributed by atoms with Gasteiger partial charge >= 0.3 is 0 Å². The van der Waals surface area contributed by atoms with Gasteiger partial charge in [0.2, 0.25) is 0 Å². The van der Waals surface area contributed by atoms with Crippen molar-refractivity contribution in [3.05, 3.63) is 42.5 Å². The number of hydrogen-bond acceptors (Lipinski definition) is 4. The third-order valence-electron chi connectivity index (χ3n) is 2.47. The number of nitrogens with one attached hydrogen (secondary N) is 2. The van der Waals surface area contributed by atoms with E-state index in [-0.39, 0.29) is 0 Å². The Bertz CT molecular complexity index is 497. The Morgan fingerprint density at radius 2 is 1.78 bits per heavy atom. The summed E-state index contributed by atoms with van der Waals surface area (Å²) in [5.41, 5.74) is 0.983. The highest BCUT2D eigenvalue weighted by atomic mass is 16.5. The summed E-state index contributed by atoms with van der Waals surface area (Å²) in [5.74, 6) is 2.53. The van der Waals surface area contributed by atoms with Gasteiger partial charge in [-0.05, 0) is 43.3 Å². The normalized spacial score (nSPS) is 9.89. The van der Waals surface area contributed by atoms with Gasteiger partial charge in [0.1, 0.15) is 17.4 Å². The Morgan fingerprint density at radius 1 is 1.06 bits per heavy atom. The lowest BCUT2D eigenvalue weighted by Crippen LogP contribution is -2.01. The van der Waals surface area contributed by atoms with Crippen LogP contribution in [0.4, 0.5) is 17.3 Å². The van der Waals surface area contributed by atoms with Crippen molar-refractivity contribution in [2.75, 3.05) is 24.3 Å². The predicted molar refractivity (Wildman–Crippen MR) is 74.7 cm³/mol. The summed E-state index contributed by atoms with van der Waals surface area (Å²) in [7, 11) is 1.66. The third kappa shape index (κ3) is 3.13. The molecule has 0 aliphatic rings. The topological polar surface area (TPSA) is 46.2 Å². The molecule has 0 bridgehead atoms. The van der Waals surface area contributed by atoms with Gasteiger partial charge in [-0.2, -0.15) is 0 Å². The number of aromatic nitrogens is 1. The van der Waals surface area contributed by atoms with E-state index in [1.807, 2.05) is 49.4 Å². The van der Waals surface area contributed by atoms with Crippen LogP contribution in [0.5, 0.6) is 5.75 Å². The summed E-state index contributed by atoms with van der Waals surface area (Å²) in [5, 5.41) is 6.43. The monoisotopic (exact) mass is 243 g/mol. The van der Waals surface area contributed by atoms with Crippen molar-refractivity contribution in [1.82, 2.24) is 4.98 Å². The highest BCUT2D eigenvalue weighted by Gasteiger charge is 1.98. The average molecular weight is 243 g/mol. The van der Waals surface area contributed by atoms with Crippen LogP contribution in [-0.4, -0.2) is 18.6 Å². The molecule has 18 heavy (non-hydrogen) atoms. The second-order valence-corrected chi connectivity index (χ2v) is 3.79. The van der Waals surface area contributed by atoms with Crippen LogP contribution in [0.1, 0.15) is 6.92 Å². The van der Waals surface area contributed by atoms with Gasteiger partial charge in [0, 0.05) is 12.2 Å². The van der Waals surface area contributed by atoms with Crippen LogP contribution in [0.3, 0.4) is 0 Å². The standard InChI is InChI=1S/C14H17N3O/c1-3-15-13-5-4-6-14(17-13)16-11-7-9-12(18-2)10-8-11/h4-10H,3H2,1-2H3,(H2,15,16,17). The Labute approximate surface area is 107 Å². The van der Waals surface area contributed by atoms with Crippen LogP contribution in [0.15, 0.2) is 42.5 Å². The van der Waals surface area contributed by atoms with Crippen LogP contribution < -0.4 is 15.4 Å². The summed E-state index contributed by atoms with van der Waals surface area (Å²) in [6.45, 7) is 2.91. The quantitative estimate of drug-likeness (QED) is 0.846. The van der Waals surface area contributed by atoms with Crippen molar-refractivity contribution in [3.63, 3.8) is 0 Å². The Hall–Kier alpha value is -2.23. The number of anilines is 3. The number of benzene rings is 1. The first-order valence-electron chi connectivity index (χ1n) is 5.94. The van der Waals surface area contributed by atoms with Crippen molar-refractivity contribution in [2.45, 2.75) is 6.92 Å². The van der Waals surface area contributed by atoms with E-state index >= 15 is 0 Å². The van der Waals surface area contributed by atoms with Crippen molar-refractivity contribution >= 4 is 17.3 Å². The molecule has 0 unspecified atom stereocenters. The van der Waals surface area contributed by atoms with E-state index in [4.69, 9.17) is 4.74 Å². The van der Waals surface area contributed by atoms with Gasteiger partial charge in [0.05, 0.1) is 7.11 Å². The maximum Gasteiger partial charge on any atom is 0.132 e. The molecule has 2 aromatic rings. The fraction of sp³-hybridized carbons (Fsp3) is 0.214. The largest absolute Gasteiger partial charge is 0.497 e. The van der Waals surface area contributed by atoms with Crippen LogP contribution in [0.2, 0.25) is 0 Å². The lowest BCUT2D eigenvalue weighted by atomic mass is 10.3. The number of ether oxygens (including phenoxy) is 1. The second-order valence-electron chi connectivity index (χ2n) is 3.79. The molecule has 0 saturated heterocycles. The second kappa shape index (κ2) is 5.91. The van der Waals surface area contributed by atoms with Crippen molar-refractivity contribution in [2.24, 2.45) is 0 Å². The maximum absolute atomic E-state index is 5.12. The zero-order valence-electron chi connectivity index (χ0n) is 10.6. The van der Waals surface area contributed by atoms with E-state index in [9.17, 15) is 0 Å². The minimum Gasteiger partial charge on any atom is -0.497 e. The molecule has 0 aliphatic carbocycles. The summed E-state index contributed by atoms with van der Waals surface area (Å²) in [6.07, 6.45) is 0. The van der Waals surface area contributed by atoms with Crippen LogP contribution >= 0.6 is 0 Å². The number of rotatable bonds is 5. The third-order valence-corrected chi connectivity index (χ3v) is 2.47. The molecule has 1 aromatic heterocycles. The van der Waals surface area contributed by atoms with E-state index in [1.54, 1.807) is 7.11 Å². The molecule has 0 saturated carbocycles. The van der Waals surface area contributed by atoms with E-state index in [0.29, 0.717) is 0 Å². The first-order chi connectivity index (χ1) is 8.81. The SMILES string of the molecule is CCNc1cccc(Nc2ccc(OC)cc2)n1. The summed E-state index contributed by atoms with van der Waals surface area (Å²) >= 11 is 0. The van der Waals surface area contributed by atoms with Gasteiger partial charge in [-0.1, -0.05) is 6.07 Å². The lowest BCUT2D eigenvalue weighted by Gasteiger charge is -2.08.